The Morgan fingerprint density at radius 2 is 2.06 bits per heavy atom. The summed E-state index contributed by atoms with van der Waals surface area (Å²) in [4.78, 5) is 16.3. The number of amides is 1. The molecule has 1 amide bonds. The highest BCUT2D eigenvalue weighted by Crippen LogP contribution is 2.22. The Morgan fingerprint density at radius 3 is 2.50 bits per heavy atom. The molecule has 4 nitrogen and oxygen atoms in total. The van der Waals surface area contributed by atoms with Crippen LogP contribution in [0.1, 0.15) is 27.7 Å². The van der Waals surface area contributed by atoms with E-state index in [4.69, 9.17) is 4.74 Å². The van der Waals surface area contributed by atoms with Crippen LogP contribution < -0.4 is 0 Å². The lowest BCUT2D eigenvalue weighted by atomic mass is 10.00. The van der Waals surface area contributed by atoms with E-state index in [1.807, 2.05) is 4.90 Å². The second-order valence-electron chi connectivity index (χ2n) is 5.37. The van der Waals surface area contributed by atoms with Crippen LogP contribution in [0.5, 0.6) is 0 Å². The monoisotopic (exact) mass is 228 g/mol. The van der Waals surface area contributed by atoms with E-state index in [0.29, 0.717) is 13.2 Å². The summed E-state index contributed by atoms with van der Waals surface area (Å²) in [6, 6.07) is 0.172. The van der Waals surface area contributed by atoms with Crippen LogP contribution in [0.2, 0.25) is 0 Å². The molecule has 1 heterocycles. The SMILES string of the molecule is CCN1CC(=O)N(C(C)(C)C)C(COC)C1. The van der Waals surface area contributed by atoms with E-state index in [1.54, 1.807) is 7.11 Å². The Hall–Kier alpha value is -0.610. The fourth-order valence-corrected chi connectivity index (χ4v) is 2.40. The Morgan fingerprint density at radius 1 is 1.44 bits per heavy atom. The molecule has 16 heavy (non-hydrogen) atoms. The van der Waals surface area contributed by atoms with Crippen LogP contribution in [-0.2, 0) is 9.53 Å². The summed E-state index contributed by atoms with van der Waals surface area (Å²) in [5.74, 6) is 0.211. The van der Waals surface area contributed by atoms with Crippen molar-refractivity contribution >= 4 is 5.91 Å². The first-order valence-electron chi connectivity index (χ1n) is 5.93. The van der Waals surface area contributed by atoms with Crippen molar-refractivity contribution in [3.8, 4) is 0 Å². The summed E-state index contributed by atoms with van der Waals surface area (Å²) in [7, 11) is 1.69. The van der Waals surface area contributed by atoms with Gasteiger partial charge in [0.2, 0.25) is 5.91 Å². The van der Waals surface area contributed by atoms with Gasteiger partial charge in [-0.3, -0.25) is 9.69 Å². The standard InChI is InChI=1S/C12H24N2O2/c1-6-13-7-10(9-16-5)14(11(15)8-13)12(2,3)4/h10H,6-9H2,1-5H3. The third-order valence-electron chi connectivity index (χ3n) is 2.99. The van der Waals surface area contributed by atoms with E-state index < -0.39 is 0 Å². The number of methoxy groups -OCH3 is 1. The molecule has 0 bridgehead atoms. The van der Waals surface area contributed by atoms with E-state index >= 15 is 0 Å². The average molecular weight is 228 g/mol. The number of rotatable bonds is 3. The van der Waals surface area contributed by atoms with Gasteiger partial charge in [0.15, 0.2) is 0 Å². The minimum atomic E-state index is -0.125. The van der Waals surface area contributed by atoms with Gasteiger partial charge in [-0.05, 0) is 27.3 Å². The largest absolute Gasteiger partial charge is 0.382 e. The van der Waals surface area contributed by atoms with Crippen molar-refractivity contribution in [2.45, 2.75) is 39.3 Å². The highest BCUT2D eigenvalue weighted by molar-refractivity contribution is 5.80. The lowest BCUT2D eigenvalue weighted by Gasteiger charge is -2.47. The number of likely N-dealkylation sites (N-methyl/N-ethyl adjacent to an activating group) is 1. The first kappa shape index (κ1) is 13.5. The van der Waals surface area contributed by atoms with Gasteiger partial charge in [-0.15, -0.1) is 0 Å². The molecule has 0 aliphatic carbocycles. The highest BCUT2D eigenvalue weighted by atomic mass is 16.5. The molecular formula is C12H24N2O2. The van der Waals surface area contributed by atoms with E-state index in [1.165, 1.54) is 0 Å². The van der Waals surface area contributed by atoms with Crippen LogP contribution in [0.15, 0.2) is 0 Å². The molecular weight excluding hydrogens is 204 g/mol. The van der Waals surface area contributed by atoms with Gasteiger partial charge in [0.25, 0.3) is 0 Å². The van der Waals surface area contributed by atoms with E-state index in [2.05, 4.69) is 32.6 Å². The summed E-state index contributed by atoms with van der Waals surface area (Å²) < 4.78 is 5.23. The van der Waals surface area contributed by atoms with Gasteiger partial charge in [-0.2, -0.15) is 0 Å². The fourth-order valence-electron chi connectivity index (χ4n) is 2.40. The quantitative estimate of drug-likeness (QED) is 0.721. The van der Waals surface area contributed by atoms with Crippen molar-refractivity contribution in [3.05, 3.63) is 0 Å². The number of nitrogens with zero attached hydrogens (tertiary/aromatic N) is 2. The van der Waals surface area contributed by atoms with Crippen LogP contribution in [0.4, 0.5) is 0 Å². The van der Waals surface area contributed by atoms with E-state index in [9.17, 15) is 4.79 Å². The second-order valence-corrected chi connectivity index (χ2v) is 5.37. The first-order chi connectivity index (χ1) is 7.40. The van der Waals surface area contributed by atoms with Crippen LogP contribution in [-0.4, -0.2) is 60.6 Å². The maximum Gasteiger partial charge on any atom is 0.237 e. The molecule has 0 aromatic rings. The summed E-state index contributed by atoms with van der Waals surface area (Å²) in [5.41, 5.74) is -0.125. The number of carbonyl (C=O) groups is 1. The molecule has 1 aliphatic rings. The summed E-state index contributed by atoms with van der Waals surface area (Å²) in [6.07, 6.45) is 0. The Labute approximate surface area is 98.5 Å². The van der Waals surface area contributed by atoms with Crippen molar-refractivity contribution in [2.75, 3.05) is 33.4 Å². The summed E-state index contributed by atoms with van der Waals surface area (Å²) in [6.45, 7) is 11.3. The van der Waals surface area contributed by atoms with Crippen LogP contribution in [0.3, 0.4) is 0 Å². The lowest BCUT2D eigenvalue weighted by Crippen LogP contribution is -2.63. The number of ether oxygens (including phenoxy) is 1. The maximum atomic E-state index is 12.1. The molecule has 4 heteroatoms. The molecule has 0 N–H and O–H groups in total. The minimum absolute atomic E-state index is 0.125. The number of piperazine rings is 1. The fraction of sp³-hybridized carbons (Fsp3) is 0.917. The third-order valence-corrected chi connectivity index (χ3v) is 2.99. The molecule has 1 aliphatic heterocycles. The van der Waals surface area contributed by atoms with Gasteiger partial charge < -0.3 is 9.64 Å². The maximum absolute atomic E-state index is 12.1. The van der Waals surface area contributed by atoms with Gasteiger partial charge in [0.1, 0.15) is 0 Å². The molecule has 1 rings (SSSR count). The third kappa shape index (κ3) is 2.95. The molecule has 0 saturated carbocycles. The van der Waals surface area contributed by atoms with Crippen molar-refractivity contribution in [3.63, 3.8) is 0 Å². The highest BCUT2D eigenvalue weighted by Gasteiger charge is 2.38. The van der Waals surface area contributed by atoms with Crippen molar-refractivity contribution in [2.24, 2.45) is 0 Å². The van der Waals surface area contributed by atoms with Crippen LogP contribution in [0.25, 0.3) is 0 Å². The van der Waals surface area contributed by atoms with Gasteiger partial charge in [-0.25, -0.2) is 0 Å². The number of carbonyl (C=O) groups excluding carboxylic acids is 1. The molecule has 0 radical (unpaired) electrons. The molecule has 1 saturated heterocycles. The van der Waals surface area contributed by atoms with Crippen molar-refractivity contribution in [1.29, 1.82) is 0 Å². The molecule has 94 valence electrons. The molecule has 1 atom stereocenters. The summed E-state index contributed by atoms with van der Waals surface area (Å²) >= 11 is 0. The predicted octanol–water partition coefficient (Wildman–Crippen LogP) is 0.964. The first-order valence-corrected chi connectivity index (χ1v) is 5.93. The molecule has 0 aromatic carbocycles. The van der Waals surface area contributed by atoms with Gasteiger partial charge in [-0.1, -0.05) is 6.92 Å². The molecule has 0 spiro atoms. The predicted molar refractivity (Wildman–Crippen MR) is 64.4 cm³/mol. The van der Waals surface area contributed by atoms with Gasteiger partial charge in [0.05, 0.1) is 19.2 Å². The van der Waals surface area contributed by atoms with Crippen molar-refractivity contribution in [1.82, 2.24) is 9.80 Å². The lowest BCUT2D eigenvalue weighted by molar-refractivity contribution is -0.148. The molecule has 1 fully saturated rings. The Kier molecular flexibility index (Phi) is 4.33. The second kappa shape index (κ2) is 5.15. The van der Waals surface area contributed by atoms with Gasteiger partial charge >= 0.3 is 0 Å². The number of hydrogen-bond acceptors (Lipinski definition) is 3. The normalized spacial score (nSPS) is 23.9. The minimum Gasteiger partial charge on any atom is -0.382 e. The average Bonchev–Trinajstić information content (AvgIpc) is 2.15. The number of hydrogen-bond donors (Lipinski definition) is 0. The van der Waals surface area contributed by atoms with Crippen molar-refractivity contribution < 1.29 is 9.53 Å². The Bertz CT molecular complexity index is 248. The molecule has 0 aromatic heterocycles. The van der Waals surface area contributed by atoms with Crippen LogP contribution >= 0.6 is 0 Å². The van der Waals surface area contributed by atoms with E-state index in [-0.39, 0.29) is 17.5 Å². The van der Waals surface area contributed by atoms with E-state index in [0.717, 1.165) is 13.1 Å². The topological polar surface area (TPSA) is 32.8 Å². The summed E-state index contributed by atoms with van der Waals surface area (Å²) in [5, 5.41) is 0. The zero-order valence-corrected chi connectivity index (χ0v) is 11.1. The van der Waals surface area contributed by atoms with Gasteiger partial charge in [0, 0.05) is 19.2 Å². The van der Waals surface area contributed by atoms with Crippen LogP contribution in [0, 0.1) is 0 Å². The zero-order valence-electron chi connectivity index (χ0n) is 11.1. The Balaban J connectivity index is 2.83. The molecule has 1 unspecified atom stereocenters. The smallest absolute Gasteiger partial charge is 0.237 e. The zero-order chi connectivity index (χ0) is 12.3.